The topological polar surface area (TPSA) is 53.1 Å². The van der Waals surface area contributed by atoms with E-state index in [1.54, 1.807) is 6.20 Å². The van der Waals surface area contributed by atoms with Gasteiger partial charge in [-0.15, -0.1) is 0 Å². The first-order valence-electron chi connectivity index (χ1n) is 5.61. The smallest absolute Gasteiger partial charge is 0.121 e. The molecule has 90 valence electrons. The van der Waals surface area contributed by atoms with Gasteiger partial charge >= 0.3 is 0 Å². The summed E-state index contributed by atoms with van der Waals surface area (Å²) >= 11 is 0. The minimum atomic E-state index is 0.652. The highest BCUT2D eigenvalue weighted by Crippen LogP contribution is 2.20. The van der Waals surface area contributed by atoms with Crippen molar-refractivity contribution in [2.75, 3.05) is 0 Å². The van der Waals surface area contributed by atoms with Crippen LogP contribution in [0, 0.1) is 11.3 Å². The highest BCUT2D eigenvalue weighted by atomic mass is 15.3. The molecule has 0 amide bonds. The van der Waals surface area contributed by atoms with E-state index < -0.39 is 0 Å². The molecule has 1 heterocycles. The number of nitriles is 1. The Balaban J connectivity index is 2.43. The fraction of sp³-hybridized carbons (Fsp3) is 0.143. The predicted molar refractivity (Wildman–Crippen MR) is 73.1 cm³/mol. The fourth-order valence-corrected chi connectivity index (χ4v) is 1.92. The van der Waals surface area contributed by atoms with Crippen molar-refractivity contribution < 1.29 is 0 Å². The van der Waals surface area contributed by atoms with Crippen LogP contribution in [0.15, 0.2) is 47.2 Å². The van der Waals surface area contributed by atoms with Crippen molar-refractivity contribution in [2.24, 2.45) is 5.10 Å². The molecule has 0 radical (unpaired) electrons. The second-order valence-corrected chi connectivity index (χ2v) is 4.06. The molecule has 0 unspecified atom stereocenters. The minimum Gasteiger partial charge on any atom is -0.328 e. The highest BCUT2D eigenvalue weighted by molar-refractivity contribution is 5.82. The molecule has 0 aliphatic rings. The molecular weight excluding hydrogens is 224 g/mol. The third-order valence-corrected chi connectivity index (χ3v) is 2.73. The molecule has 4 nitrogen and oxygen atoms in total. The summed E-state index contributed by atoms with van der Waals surface area (Å²) in [6, 6.07) is 12.1. The fourth-order valence-electron chi connectivity index (χ4n) is 1.92. The summed E-state index contributed by atoms with van der Waals surface area (Å²) in [6.07, 6.45) is 1.78. The van der Waals surface area contributed by atoms with Crippen molar-refractivity contribution in [3.63, 3.8) is 0 Å². The molecule has 4 heteroatoms. The maximum atomic E-state index is 9.17. The number of nitrogens with zero attached hydrogens (tertiary/aromatic N) is 3. The van der Waals surface area contributed by atoms with Crippen LogP contribution in [-0.2, 0) is 6.54 Å². The Morgan fingerprint density at radius 1 is 1.56 bits per heavy atom. The van der Waals surface area contributed by atoms with Crippen LogP contribution in [0.4, 0.5) is 0 Å². The van der Waals surface area contributed by atoms with E-state index in [1.807, 2.05) is 41.8 Å². The van der Waals surface area contributed by atoms with Gasteiger partial charge in [-0.1, -0.05) is 18.2 Å². The summed E-state index contributed by atoms with van der Waals surface area (Å²) in [5, 5.41) is 13.8. The van der Waals surface area contributed by atoms with E-state index in [0.717, 1.165) is 16.5 Å². The highest BCUT2D eigenvalue weighted by Gasteiger charge is 2.07. The van der Waals surface area contributed by atoms with Crippen LogP contribution in [-0.4, -0.2) is 11.3 Å². The van der Waals surface area contributed by atoms with E-state index >= 15 is 0 Å². The quantitative estimate of drug-likeness (QED) is 0.657. The molecule has 1 N–H and O–H groups in total. The zero-order valence-electron chi connectivity index (χ0n) is 10.2. The molecule has 1 aromatic heterocycles. The molecule has 0 aliphatic heterocycles. The Morgan fingerprint density at radius 2 is 2.33 bits per heavy atom. The molecule has 18 heavy (non-hydrogen) atoms. The van der Waals surface area contributed by atoms with E-state index in [9.17, 15) is 5.26 Å². The molecule has 2 aromatic rings. The first-order valence-corrected chi connectivity index (χ1v) is 5.61. The first-order chi connectivity index (χ1) is 8.76. The van der Waals surface area contributed by atoms with Gasteiger partial charge in [-0.2, -0.15) is 10.4 Å². The second-order valence-electron chi connectivity index (χ2n) is 4.06. The number of hydrogen-bond acceptors (Lipinski definition) is 3. The van der Waals surface area contributed by atoms with Crippen LogP contribution >= 0.6 is 0 Å². The lowest BCUT2D eigenvalue weighted by Crippen LogP contribution is -2.04. The summed E-state index contributed by atoms with van der Waals surface area (Å²) in [5.41, 5.74) is 5.50. The first kappa shape index (κ1) is 11.9. The lowest BCUT2D eigenvalue weighted by molar-refractivity contribution is 0.792. The number of allylic oxidation sites excluding steroid dienone is 1. The number of rotatable bonds is 4. The third-order valence-electron chi connectivity index (χ3n) is 2.73. The van der Waals surface area contributed by atoms with Gasteiger partial charge in [-0.05, 0) is 24.6 Å². The van der Waals surface area contributed by atoms with Crippen LogP contribution in [0.25, 0.3) is 10.9 Å². The molecule has 0 saturated carbocycles. The molecule has 0 saturated heterocycles. The van der Waals surface area contributed by atoms with Crippen molar-refractivity contribution >= 4 is 17.6 Å². The summed E-state index contributed by atoms with van der Waals surface area (Å²) in [6.45, 7) is 5.98. The van der Waals surface area contributed by atoms with Crippen LogP contribution in [0.1, 0.15) is 12.6 Å². The Labute approximate surface area is 106 Å². The van der Waals surface area contributed by atoms with Crippen LogP contribution in [0.5, 0.6) is 0 Å². The van der Waals surface area contributed by atoms with Crippen molar-refractivity contribution in [3.8, 4) is 6.07 Å². The number of aromatic nitrogens is 1. The zero-order valence-corrected chi connectivity index (χ0v) is 10.2. The van der Waals surface area contributed by atoms with Gasteiger partial charge in [0, 0.05) is 30.4 Å². The van der Waals surface area contributed by atoms with Crippen molar-refractivity contribution in [1.82, 2.24) is 9.99 Å². The number of fused-ring (bicyclic) bond motifs is 1. The molecular formula is C14H14N4. The van der Waals surface area contributed by atoms with E-state index in [2.05, 4.69) is 23.3 Å². The van der Waals surface area contributed by atoms with Gasteiger partial charge in [0.05, 0.1) is 0 Å². The monoisotopic (exact) mass is 238 g/mol. The van der Waals surface area contributed by atoms with Crippen molar-refractivity contribution in [1.29, 1.82) is 5.26 Å². The lowest BCUT2D eigenvalue weighted by Gasteiger charge is -2.07. The van der Waals surface area contributed by atoms with Crippen molar-refractivity contribution in [3.05, 3.63) is 47.8 Å². The minimum absolute atomic E-state index is 0.652. The number of nitrogens with one attached hydrogen (secondary N) is 1. The number of para-hydroxylation sites is 1. The van der Waals surface area contributed by atoms with Gasteiger partial charge < -0.3 is 4.57 Å². The maximum Gasteiger partial charge on any atom is 0.121 e. The summed E-state index contributed by atoms with van der Waals surface area (Å²) in [4.78, 5) is 0. The number of benzene rings is 1. The molecule has 0 bridgehead atoms. The largest absolute Gasteiger partial charge is 0.328 e. The SMILES string of the molecule is C=NN/C=C(\C)Cn1c(C#N)cc2ccccc21. The van der Waals surface area contributed by atoms with E-state index in [0.29, 0.717) is 12.2 Å². The van der Waals surface area contributed by atoms with Crippen molar-refractivity contribution in [2.45, 2.75) is 13.5 Å². The van der Waals surface area contributed by atoms with E-state index in [-0.39, 0.29) is 0 Å². The normalized spacial score (nSPS) is 11.2. The predicted octanol–water partition coefficient (Wildman–Crippen LogP) is 2.62. The van der Waals surface area contributed by atoms with Gasteiger partial charge in [-0.3, -0.25) is 5.43 Å². The van der Waals surface area contributed by atoms with E-state index in [4.69, 9.17) is 0 Å². The van der Waals surface area contributed by atoms with Gasteiger partial charge in [0.15, 0.2) is 0 Å². The molecule has 0 atom stereocenters. The molecule has 0 spiro atoms. The molecule has 0 fully saturated rings. The maximum absolute atomic E-state index is 9.17. The van der Waals surface area contributed by atoms with Crippen LogP contribution < -0.4 is 5.43 Å². The third kappa shape index (κ3) is 2.25. The Kier molecular flexibility index (Phi) is 3.44. The summed E-state index contributed by atoms with van der Waals surface area (Å²) in [7, 11) is 0. The summed E-state index contributed by atoms with van der Waals surface area (Å²) < 4.78 is 1.99. The van der Waals surface area contributed by atoms with Gasteiger partial charge in [0.25, 0.3) is 0 Å². The Bertz CT molecular complexity index is 643. The molecule has 0 aliphatic carbocycles. The zero-order chi connectivity index (χ0) is 13.0. The molecule has 2 rings (SSSR count). The Hall–Kier alpha value is -2.54. The van der Waals surface area contributed by atoms with Gasteiger partial charge in [0.1, 0.15) is 11.8 Å². The van der Waals surface area contributed by atoms with Crippen LogP contribution in [0.3, 0.4) is 0 Å². The second kappa shape index (κ2) is 5.19. The average Bonchev–Trinajstić information content (AvgIpc) is 2.75. The number of hydrazone groups is 1. The number of hydrogen-bond donors (Lipinski definition) is 1. The standard InChI is InChI=1S/C14H14N4/c1-11(9-17-16-2)10-18-13(8-15)7-12-5-3-4-6-14(12)18/h3-7,9,17H,2,10H2,1H3/b11-9+. The average molecular weight is 238 g/mol. The van der Waals surface area contributed by atoms with Crippen LogP contribution in [0.2, 0.25) is 0 Å². The molecule has 1 aromatic carbocycles. The summed E-state index contributed by atoms with van der Waals surface area (Å²) in [5.74, 6) is 0. The van der Waals surface area contributed by atoms with E-state index in [1.165, 1.54) is 0 Å². The lowest BCUT2D eigenvalue weighted by atomic mass is 10.2. The van der Waals surface area contributed by atoms with Gasteiger partial charge in [0.2, 0.25) is 0 Å². The van der Waals surface area contributed by atoms with Gasteiger partial charge in [-0.25, -0.2) is 0 Å². The Morgan fingerprint density at radius 3 is 3.06 bits per heavy atom.